The summed E-state index contributed by atoms with van der Waals surface area (Å²) in [6, 6.07) is 4.69. The van der Waals surface area contributed by atoms with E-state index < -0.39 is 4.92 Å². The molecule has 0 spiro atoms. The average molecular weight is 280 g/mol. The average Bonchev–Trinajstić information content (AvgIpc) is 2.38. The molecule has 2 rings (SSSR count). The standard InChI is InChI=1S/C12H10ClN3O3/c1-8-2-3-10(16(17)18)11(4-8)19-7-9-5-15-12(13)6-14-9/h2-6H,7H2,1H3. The molecule has 0 fully saturated rings. The van der Waals surface area contributed by atoms with Crippen molar-refractivity contribution in [1.82, 2.24) is 9.97 Å². The maximum absolute atomic E-state index is 10.9. The van der Waals surface area contributed by atoms with Crippen molar-refractivity contribution in [3.63, 3.8) is 0 Å². The van der Waals surface area contributed by atoms with E-state index >= 15 is 0 Å². The number of nitro groups is 1. The van der Waals surface area contributed by atoms with Gasteiger partial charge in [-0.15, -0.1) is 0 Å². The fourth-order valence-electron chi connectivity index (χ4n) is 1.45. The second kappa shape index (κ2) is 5.62. The summed E-state index contributed by atoms with van der Waals surface area (Å²) in [6.07, 6.45) is 2.86. The molecule has 19 heavy (non-hydrogen) atoms. The van der Waals surface area contributed by atoms with Crippen molar-refractivity contribution in [2.24, 2.45) is 0 Å². The zero-order valence-electron chi connectivity index (χ0n) is 10.0. The molecule has 1 aromatic carbocycles. The molecule has 0 radical (unpaired) electrons. The molecule has 0 unspecified atom stereocenters. The number of aryl methyl sites for hydroxylation is 1. The van der Waals surface area contributed by atoms with Gasteiger partial charge >= 0.3 is 5.69 Å². The Morgan fingerprint density at radius 1 is 1.37 bits per heavy atom. The highest BCUT2D eigenvalue weighted by atomic mass is 35.5. The Bertz CT molecular complexity index is 602. The Labute approximate surface area is 114 Å². The Balaban J connectivity index is 2.16. The van der Waals surface area contributed by atoms with E-state index in [0.29, 0.717) is 5.69 Å². The van der Waals surface area contributed by atoms with Gasteiger partial charge in [0, 0.05) is 6.07 Å². The summed E-state index contributed by atoms with van der Waals surface area (Å²) < 4.78 is 5.42. The van der Waals surface area contributed by atoms with Gasteiger partial charge in [-0.1, -0.05) is 17.7 Å². The van der Waals surface area contributed by atoms with Gasteiger partial charge in [0.2, 0.25) is 0 Å². The SMILES string of the molecule is Cc1ccc([N+](=O)[O-])c(OCc2cnc(Cl)cn2)c1. The van der Waals surface area contributed by atoms with Crippen molar-refractivity contribution in [3.8, 4) is 5.75 Å². The van der Waals surface area contributed by atoms with Gasteiger partial charge in [-0.25, -0.2) is 4.98 Å². The molecular weight excluding hydrogens is 270 g/mol. The minimum absolute atomic E-state index is 0.0764. The molecule has 6 nitrogen and oxygen atoms in total. The third kappa shape index (κ3) is 3.38. The molecule has 0 saturated heterocycles. The Hall–Kier alpha value is -2.21. The van der Waals surface area contributed by atoms with Gasteiger partial charge in [-0.3, -0.25) is 15.1 Å². The van der Waals surface area contributed by atoms with Crippen LogP contribution in [-0.2, 0) is 6.61 Å². The second-order valence-corrected chi connectivity index (χ2v) is 4.23. The summed E-state index contributed by atoms with van der Waals surface area (Å²) >= 11 is 5.61. The monoisotopic (exact) mass is 279 g/mol. The third-order valence-electron chi connectivity index (χ3n) is 2.36. The fourth-order valence-corrected chi connectivity index (χ4v) is 1.55. The lowest BCUT2D eigenvalue weighted by atomic mass is 10.2. The quantitative estimate of drug-likeness (QED) is 0.635. The van der Waals surface area contributed by atoms with Crippen LogP contribution < -0.4 is 4.74 Å². The van der Waals surface area contributed by atoms with E-state index in [4.69, 9.17) is 16.3 Å². The summed E-state index contributed by atoms with van der Waals surface area (Å²) in [5, 5.41) is 11.2. The van der Waals surface area contributed by atoms with E-state index in [1.807, 2.05) is 6.92 Å². The Kier molecular flexibility index (Phi) is 3.91. The number of benzene rings is 1. The number of halogens is 1. The largest absolute Gasteiger partial charge is 0.480 e. The maximum atomic E-state index is 10.9. The van der Waals surface area contributed by atoms with Crippen LogP contribution in [0.5, 0.6) is 5.75 Å². The molecule has 1 heterocycles. The van der Waals surface area contributed by atoms with Crippen LogP contribution in [0.4, 0.5) is 5.69 Å². The lowest BCUT2D eigenvalue weighted by molar-refractivity contribution is -0.386. The normalized spacial score (nSPS) is 10.2. The molecule has 7 heteroatoms. The van der Waals surface area contributed by atoms with Crippen LogP contribution in [0.2, 0.25) is 5.15 Å². The first-order valence-electron chi connectivity index (χ1n) is 5.40. The van der Waals surface area contributed by atoms with E-state index in [9.17, 15) is 10.1 Å². The third-order valence-corrected chi connectivity index (χ3v) is 2.56. The van der Waals surface area contributed by atoms with Gasteiger partial charge in [0.05, 0.1) is 23.0 Å². The molecule has 0 aliphatic carbocycles. The van der Waals surface area contributed by atoms with Crippen molar-refractivity contribution >= 4 is 17.3 Å². The number of nitrogens with zero attached hydrogens (tertiary/aromatic N) is 3. The van der Waals surface area contributed by atoms with Crippen LogP contribution in [0.15, 0.2) is 30.6 Å². The summed E-state index contributed by atoms with van der Waals surface area (Å²) in [7, 11) is 0. The molecule has 2 aromatic rings. The van der Waals surface area contributed by atoms with Gasteiger partial charge in [0.15, 0.2) is 5.75 Å². The highest BCUT2D eigenvalue weighted by Crippen LogP contribution is 2.28. The maximum Gasteiger partial charge on any atom is 0.310 e. The van der Waals surface area contributed by atoms with E-state index in [2.05, 4.69) is 9.97 Å². The van der Waals surface area contributed by atoms with Crippen LogP contribution in [0.3, 0.4) is 0 Å². The Morgan fingerprint density at radius 3 is 2.79 bits per heavy atom. The molecular formula is C12H10ClN3O3. The second-order valence-electron chi connectivity index (χ2n) is 3.85. The smallest absolute Gasteiger partial charge is 0.310 e. The molecule has 0 N–H and O–H groups in total. The number of hydrogen-bond acceptors (Lipinski definition) is 5. The number of aromatic nitrogens is 2. The first kappa shape index (κ1) is 13.2. The van der Waals surface area contributed by atoms with Crippen molar-refractivity contribution in [2.75, 3.05) is 0 Å². The zero-order valence-corrected chi connectivity index (χ0v) is 10.8. The molecule has 1 aromatic heterocycles. The van der Waals surface area contributed by atoms with Crippen molar-refractivity contribution in [1.29, 1.82) is 0 Å². The highest BCUT2D eigenvalue weighted by Gasteiger charge is 2.15. The van der Waals surface area contributed by atoms with Crippen molar-refractivity contribution < 1.29 is 9.66 Å². The van der Waals surface area contributed by atoms with Gasteiger partial charge in [-0.05, 0) is 18.6 Å². The molecule has 0 aliphatic rings. The first-order chi connectivity index (χ1) is 9.06. The van der Waals surface area contributed by atoms with Crippen molar-refractivity contribution in [3.05, 3.63) is 57.1 Å². The minimum atomic E-state index is -0.484. The lowest BCUT2D eigenvalue weighted by Crippen LogP contribution is -2.01. The van der Waals surface area contributed by atoms with Crippen LogP contribution >= 0.6 is 11.6 Å². The number of nitro benzene ring substituents is 1. The molecule has 0 bridgehead atoms. The van der Waals surface area contributed by atoms with Gasteiger partial charge in [-0.2, -0.15) is 0 Å². The lowest BCUT2D eigenvalue weighted by Gasteiger charge is -2.07. The van der Waals surface area contributed by atoms with E-state index in [1.54, 1.807) is 12.1 Å². The van der Waals surface area contributed by atoms with Gasteiger partial charge in [0.1, 0.15) is 11.8 Å². The van der Waals surface area contributed by atoms with Crippen LogP contribution in [-0.4, -0.2) is 14.9 Å². The van der Waals surface area contributed by atoms with E-state index in [1.165, 1.54) is 18.5 Å². The zero-order chi connectivity index (χ0) is 13.8. The fraction of sp³-hybridized carbons (Fsp3) is 0.167. The number of hydrogen-bond donors (Lipinski definition) is 0. The summed E-state index contributed by atoms with van der Waals surface area (Å²) in [4.78, 5) is 18.2. The Morgan fingerprint density at radius 2 is 2.16 bits per heavy atom. The minimum Gasteiger partial charge on any atom is -0.480 e. The van der Waals surface area contributed by atoms with E-state index in [0.717, 1.165) is 5.56 Å². The summed E-state index contributed by atoms with van der Waals surface area (Å²) in [5.74, 6) is 0.210. The summed E-state index contributed by atoms with van der Waals surface area (Å²) in [5.41, 5.74) is 1.34. The molecule has 0 atom stereocenters. The van der Waals surface area contributed by atoms with Crippen LogP contribution in [0, 0.1) is 17.0 Å². The van der Waals surface area contributed by atoms with Gasteiger partial charge in [0.25, 0.3) is 0 Å². The van der Waals surface area contributed by atoms with Crippen LogP contribution in [0.1, 0.15) is 11.3 Å². The van der Waals surface area contributed by atoms with Crippen LogP contribution in [0.25, 0.3) is 0 Å². The predicted octanol–water partition coefficient (Wildman–Crippen LogP) is 2.93. The van der Waals surface area contributed by atoms with Crippen molar-refractivity contribution in [2.45, 2.75) is 13.5 Å². The number of ether oxygens (including phenoxy) is 1. The predicted molar refractivity (Wildman–Crippen MR) is 69.2 cm³/mol. The molecule has 0 amide bonds. The van der Waals surface area contributed by atoms with E-state index in [-0.39, 0.29) is 23.2 Å². The summed E-state index contributed by atoms with van der Waals surface area (Å²) in [6.45, 7) is 1.92. The highest BCUT2D eigenvalue weighted by molar-refractivity contribution is 6.29. The van der Waals surface area contributed by atoms with Gasteiger partial charge < -0.3 is 4.74 Å². The topological polar surface area (TPSA) is 78.2 Å². The molecule has 98 valence electrons. The first-order valence-corrected chi connectivity index (χ1v) is 5.78. The molecule has 0 saturated carbocycles. The molecule has 0 aliphatic heterocycles. The number of rotatable bonds is 4.